The zero-order chi connectivity index (χ0) is 19.8. The highest BCUT2D eigenvalue weighted by Gasteiger charge is 2.11. The van der Waals surface area contributed by atoms with E-state index in [1.807, 2.05) is 42.5 Å². The molecule has 0 bridgehead atoms. The largest absolute Gasteiger partial charge is 0.484 e. The molecule has 7 nitrogen and oxygen atoms in total. The third kappa shape index (κ3) is 6.63. The summed E-state index contributed by atoms with van der Waals surface area (Å²) >= 11 is 5.80. The van der Waals surface area contributed by atoms with Crippen molar-refractivity contribution in [3.63, 3.8) is 0 Å². The molecule has 0 radical (unpaired) electrons. The van der Waals surface area contributed by atoms with E-state index >= 15 is 0 Å². The molecule has 0 atom stereocenters. The normalized spacial score (nSPS) is 10.3. The number of amides is 2. The Labute approximate surface area is 178 Å². The van der Waals surface area contributed by atoms with E-state index in [1.54, 1.807) is 12.1 Å². The van der Waals surface area contributed by atoms with Crippen molar-refractivity contribution in [3.8, 4) is 5.75 Å². The predicted octanol–water partition coefficient (Wildman–Crippen LogP) is 4.05. The first-order chi connectivity index (χ1) is 13.6. The van der Waals surface area contributed by atoms with E-state index in [1.165, 1.54) is 23.1 Å². The van der Waals surface area contributed by atoms with E-state index in [4.69, 9.17) is 4.74 Å². The molecule has 3 aromatic rings. The van der Waals surface area contributed by atoms with Crippen LogP contribution in [0.4, 0.5) is 10.8 Å². The minimum Gasteiger partial charge on any atom is -0.484 e. The summed E-state index contributed by atoms with van der Waals surface area (Å²) in [5.74, 6) is 0.326. The van der Waals surface area contributed by atoms with Crippen molar-refractivity contribution in [3.05, 3.63) is 59.1 Å². The molecular weight excluding hydrogens is 464 g/mol. The number of carbonyl (C=O) groups excluding carboxylic acids is 2. The summed E-state index contributed by atoms with van der Waals surface area (Å²) in [4.78, 5) is 23.9. The van der Waals surface area contributed by atoms with Crippen molar-refractivity contribution in [2.75, 3.05) is 23.0 Å². The zero-order valence-corrected chi connectivity index (χ0v) is 17.6. The second kappa shape index (κ2) is 10.2. The first kappa shape index (κ1) is 20.3. The standard InChI is InChI=1S/C18H15BrN4O3S2/c19-12-6-8-13(9-7-12)20-16(25)11-27-18-23-22-17(28-18)21-15(24)10-26-14-4-2-1-3-5-14/h1-9H,10-11H2,(H,20,25)(H,21,22,24). The molecule has 2 amide bonds. The third-order valence-electron chi connectivity index (χ3n) is 3.22. The Bertz CT molecular complexity index is 936. The maximum atomic E-state index is 12.0. The van der Waals surface area contributed by atoms with Gasteiger partial charge in [-0.25, -0.2) is 0 Å². The number of thioether (sulfide) groups is 1. The van der Waals surface area contributed by atoms with Crippen LogP contribution in [-0.2, 0) is 9.59 Å². The van der Waals surface area contributed by atoms with Crippen LogP contribution in [0.5, 0.6) is 5.75 Å². The molecule has 0 spiro atoms. The van der Waals surface area contributed by atoms with Gasteiger partial charge in [0.25, 0.3) is 5.91 Å². The smallest absolute Gasteiger partial charge is 0.264 e. The molecule has 0 saturated carbocycles. The van der Waals surface area contributed by atoms with Gasteiger partial charge in [-0.3, -0.25) is 14.9 Å². The summed E-state index contributed by atoms with van der Waals surface area (Å²) in [6, 6.07) is 16.4. The van der Waals surface area contributed by atoms with Gasteiger partial charge in [0.2, 0.25) is 11.0 Å². The van der Waals surface area contributed by atoms with Gasteiger partial charge in [0.15, 0.2) is 10.9 Å². The van der Waals surface area contributed by atoms with Crippen LogP contribution >= 0.6 is 39.0 Å². The minimum absolute atomic E-state index is 0.123. The fourth-order valence-electron chi connectivity index (χ4n) is 2.00. The molecule has 0 saturated heterocycles. The quantitative estimate of drug-likeness (QED) is 0.374. The van der Waals surface area contributed by atoms with Crippen molar-refractivity contribution < 1.29 is 14.3 Å². The van der Waals surface area contributed by atoms with Gasteiger partial charge in [0.1, 0.15) is 5.75 Å². The predicted molar refractivity (Wildman–Crippen MR) is 114 cm³/mol. The highest BCUT2D eigenvalue weighted by molar-refractivity contribution is 9.10. The van der Waals surface area contributed by atoms with Crippen LogP contribution in [0.15, 0.2) is 63.4 Å². The van der Waals surface area contributed by atoms with Gasteiger partial charge in [0.05, 0.1) is 5.75 Å². The van der Waals surface area contributed by atoms with Gasteiger partial charge in [-0.1, -0.05) is 57.2 Å². The fourth-order valence-corrected chi connectivity index (χ4v) is 3.83. The number of nitrogens with one attached hydrogen (secondary N) is 2. The summed E-state index contributed by atoms with van der Waals surface area (Å²) in [7, 11) is 0. The lowest BCUT2D eigenvalue weighted by Gasteiger charge is -2.04. The maximum absolute atomic E-state index is 12.0. The number of hydrogen-bond acceptors (Lipinski definition) is 7. The van der Waals surface area contributed by atoms with E-state index in [-0.39, 0.29) is 24.2 Å². The topological polar surface area (TPSA) is 93.2 Å². The number of ether oxygens (including phenoxy) is 1. The SMILES string of the molecule is O=C(CSc1nnc(NC(=O)COc2ccccc2)s1)Nc1ccc(Br)cc1. The molecule has 0 aliphatic rings. The van der Waals surface area contributed by atoms with Crippen molar-refractivity contribution in [2.45, 2.75) is 4.34 Å². The van der Waals surface area contributed by atoms with Crippen LogP contribution in [0.1, 0.15) is 0 Å². The number of nitrogens with zero attached hydrogens (tertiary/aromatic N) is 2. The second-order valence-electron chi connectivity index (χ2n) is 5.37. The number of aromatic nitrogens is 2. The van der Waals surface area contributed by atoms with Crippen molar-refractivity contribution in [1.82, 2.24) is 10.2 Å². The van der Waals surface area contributed by atoms with E-state index in [0.717, 1.165) is 10.2 Å². The first-order valence-corrected chi connectivity index (χ1v) is 10.7. The lowest BCUT2D eigenvalue weighted by molar-refractivity contribution is -0.118. The summed E-state index contributed by atoms with van der Waals surface area (Å²) in [5.41, 5.74) is 0.720. The van der Waals surface area contributed by atoms with Gasteiger partial charge in [-0.2, -0.15) is 0 Å². The number of carbonyl (C=O) groups is 2. The minimum atomic E-state index is -0.329. The van der Waals surface area contributed by atoms with Crippen molar-refractivity contribution in [1.29, 1.82) is 0 Å². The molecule has 0 aliphatic carbocycles. The highest BCUT2D eigenvalue weighted by atomic mass is 79.9. The lowest BCUT2D eigenvalue weighted by atomic mass is 10.3. The summed E-state index contributed by atoms with van der Waals surface area (Å²) in [5, 5.41) is 13.7. The number of rotatable bonds is 8. The summed E-state index contributed by atoms with van der Waals surface area (Å²) < 4.78 is 6.90. The second-order valence-corrected chi connectivity index (χ2v) is 8.48. The monoisotopic (exact) mass is 478 g/mol. The number of hydrogen-bond donors (Lipinski definition) is 2. The lowest BCUT2D eigenvalue weighted by Crippen LogP contribution is -2.20. The molecule has 144 valence electrons. The van der Waals surface area contributed by atoms with Gasteiger partial charge >= 0.3 is 0 Å². The van der Waals surface area contributed by atoms with E-state index < -0.39 is 0 Å². The molecule has 28 heavy (non-hydrogen) atoms. The van der Waals surface area contributed by atoms with Gasteiger partial charge in [-0.15, -0.1) is 10.2 Å². The highest BCUT2D eigenvalue weighted by Crippen LogP contribution is 2.25. The molecule has 2 N–H and O–H groups in total. The average Bonchev–Trinajstić information content (AvgIpc) is 3.15. The molecule has 2 aromatic carbocycles. The van der Waals surface area contributed by atoms with Crippen molar-refractivity contribution in [2.24, 2.45) is 0 Å². The summed E-state index contributed by atoms with van der Waals surface area (Å²) in [6.45, 7) is -0.123. The molecule has 1 aromatic heterocycles. The van der Waals surface area contributed by atoms with E-state index in [0.29, 0.717) is 15.2 Å². The Morgan fingerprint density at radius 3 is 2.50 bits per heavy atom. The number of para-hydroxylation sites is 1. The summed E-state index contributed by atoms with van der Waals surface area (Å²) in [6.07, 6.45) is 0. The molecular formula is C18H15BrN4O3S2. The number of halogens is 1. The third-order valence-corrected chi connectivity index (χ3v) is 5.72. The van der Waals surface area contributed by atoms with Crippen LogP contribution in [0.25, 0.3) is 0 Å². The van der Waals surface area contributed by atoms with Gasteiger partial charge in [0, 0.05) is 10.2 Å². The Morgan fingerprint density at radius 1 is 1.00 bits per heavy atom. The van der Waals surface area contributed by atoms with Crippen molar-refractivity contribution >= 4 is 61.7 Å². The molecule has 0 aliphatic heterocycles. The van der Waals surface area contributed by atoms with Crippen LogP contribution < -0.4 is 15.4 Å². The average molecular weight is 479 g/mol. The van der Waals surface area contributed by atoms with Gasteiger partial charge in [-0.05, 0) is 36.4 Å². The van der Waals surface area contributed by atoms with Crippen LogP contribution in [-0.4, -0.2) is 34.4 Å². The Kier molecular flexibility index (Phi) is 7.40. The maximum Gasteiger partial charge on any atom is 0.264 e. The van der Waals surface area contributed by atoms with Crippen LogP contribution in [0.3, 0.4) is 0 Å². The van der Waals surface area contributed by atoms with Gasteiger partial charge < -0.3 is 10.1 Å². The number of anilines is 2. The molecule has 0 fully saturated rings. The van der Waals surface area contributed by atoms with E-state index in [9.17, 15) is 9.59 Å². The molecule has 10 heteroatoms. The Balaban J connectivity index is 1.41. The zero-order valence-electron chi connectivity index (χ0n) is 14.4. The van der Waals surface area contributed by atoms with Crippen LogP contribution in [0.2, 0.25) is 0 Å². The number of benzene rings is 2. The Morgan fingerprint density at radius 2 is 1.75 bits per heavy atom. The first-order valence-electron chi connectivity index (χ1n) is 8.08. The van der Waals surface area contributed by atoms with Crippen LogP contribution in [0, 0.1) is 0 Å². The Hall–Kier alpha value is -2.43. The fraction of sp³-hybridized carbons (Fsp3) is 0.111. The molecule has 1 heterocycles. The molecule has 3 rings (SSSR count). The molecule has 0 unspecified atom stereocenters. The van der Waals surface area contributed by atoms with E-state index in [2.05, 4.69) is 36.8 Å².